The third kappa shape index (κ3) is 4.91. The van der Waals surface area contributed by atoms with Crippen molar-refractivity contribution in [2.75, 3.05) is 39.5 Å². The lowest BCUT2D eigenvalue weighted by molar-refractivity contribution is 0.0451. The number of hydrogen-bond acceptors (Lipinski definition) is 7. The second kappa shape index (κ2) is 9.04. The third-order valence-electron chi connectivity index (χ3n) is 4.18. The standard InChI is InChI=1S/C19H23NO6S2/c1-14-11-15(2)13-16(12-14)25-8-9-26-19(21)18-17(3-10-27-18)28(22,23)20-4-6-24-7-5-20/h3,10-13H,4-9H2,1-2H3. The number of nitrogens with zero attached hydrogens (tertiary/aromatic N) is 1. The van der Waals surface area contributed by atoms with E-state index in [-0.39, 0.29) is 36.1 Å². The molecular formula is C19H23NO6S2. The number of hydrogen-bond donors (Lipinski definition) is 0. The van der Waals surface area contributed by atoms with E-state index >= 15 is 0 Å². The van der Waals surface area contributed by atoms with E-state index in [1.165, 1.54) is 10.4 Å². The highest BCUT2D eigenvalue weighted by molar-refractivity contribution is 7.89. The quantitative estimate of drug-likeness (QED) is 0.501. The summed E-state index contributed by atoms with van der Waals surface area (Å²) in [5.74, 6) is 0.0473. The number of aryl methyl sites for hydroxylation is 2. The minimum Gasteiger partial charge on any atom is -0.490 e. The minimum absolute atomic E-state index is 0.0142. The average molecular weight is 426 g/mol. The van der Waals surface area contributed by atoms with Crippen LogP contribution in [0.25, 0.3) is 0 Å². The summed E-state index contributed by atoms with van der Waals surface area (Å²) in [6.45, 7) is 5.41. The van der Waals surface area contributed by atoms with Crippen molar-refractivity contribution < 1.29 is 27.4 Å². The van der Waals surface area contributed by atoms with E-state index in [1.807, 2.05) is 32.0 Å². The zero-order valence-electron chi connectivity index (χ0n) is 15.8. The van der Waals surface area contributed by atoms with Gasteiger partial charge in [-0.2, -0.15) is 4.31 Å². The Morgan fingerprint density at radius 1 is 1.14 bits per heavy atom. The number of benzene rings is 1. The van der Waals surface area contributed by atoms with Crippen molar-refractivity contribution in [2.24, 2.45) is 0 Å². The maximum absolute atomic E-state index is 12.8. The van der Waals surface area contributed by atoms with Crippen LogP contribution in [0.15, 0.2) is 34.5 Å². The summed E-state index contributed by atoms with van der Waals surface area (Å²) in [5, 5.41) is 1.58. The van der Waals surface area contributed by atoms with Crippen LogP contribution in [0, 0.1) is 13.8 Å². The zero-order chi connectivity index (χ0) is 20.1. The first-order valence-electron chi connectivity index (χ1n) is 8.91. The third-order valence-corrected chi connectivity index (χ3v) is 7.15. The van der Waals surface area contributed by atoms with Crippen LogP contribution in [0.4, 0.5) is 0 Å². The number of carbonyl (C=O) groups excluding carboxylic acids is 1. The lowest BCUT2D eigenvalue weighted by Crippen LogP contribution is -2.40. The highest BCUT2D eigenvalue weighted by Gasteiger charge is 2.31. The Hall–Kier alpha value is -1.94. The Morgan fingerprint density at radius 3 is 2.50 bits per heavy atom. The van der Waals surface area contributed by atoms with E-state index in [9.17, 15) is 13.2 Å². The second-order valence-corrected chi connectivity index (χ2v) is 9.26. The van der Waals surface area contributed by atoms with E-state index < -0.39 is 16.0 Å². The molecule has 0 bridgehead atoms. The normalized spacial score (nSPS) is 15.4. The van der Waals surface area contributed by atoms with E-state index in [0.717, 1.165) is 22.5 Å². The summed E-state index contributed by atoms with van der Waals surface area (Å²) < 4.78 is 43.0. The predicted molar refractivity (Wildman–Crippen MR) is 106 cm³/mol. The van der Waals surface area contributed by atoms with Gasteiger partial charge in [0.25, 0.3) is 0 Å². The molecule has 0 spiro atoms. The summed E-state index contributed by atoms with van der Waals surface area (Å²) in [6.07, 6.45) is 0. The van der Waals surface area contributed by atoms with Crippen molar-refractivity contribution >= 4 is 27.3 Å². The molecule has 7 nitrogen and oxygen atoms in total. The van der Waals surface area contributed by atoms with Crippen molar-refractivity contribution in [3.63, 3.8) is 0 Å². The first-order chi connectivity index (χ1) is 13.4. The molecule has 1 saturated heterocycles. The fourth-order valence-corrected chi connectivity index (χ4v) is 5.64. The van der Waals surface area contributed by atoms with E-state index in [1.54, 1.807) is 5.38 Å². The van der Waals surface area contributed by atoms with Gasteiger partial charge in [-0.05, 0) is 48.6 Å². The molecule has 0 radical (unpaired) electrons. The van der Waals surface area contributed by atoms with Crippen molar-refractivity contribution in [2.45, 2.75) is 18.7 Å². The number of esters is 1. The van der Waals surface area contributed by atoms with Crippen molar-refractivity contribution in [3.05, 3.63) is 45.6 Å². The van der Waals surface area contributed by atoms with Crippen molar-refractivity contribution in [1.29, 1.82) is 0 Å². The van der Waals surface area contributed by atoms with Crippen LogP contribution in [-0.2, 0) is 19.5 Å². The number of ether oxygens (including phenoxy) is 3. The average Bonchev–Trinajstić information content (AvgIpc) is 3.16. The Labute approximate surface area is 168 Å². The Bertz CT molecular complexity index is 911. The van der Waals surface area contributed by atoms with Crippen LogP contribution in [0.1, 0.15) is 20.8 Å². The van der Waals surface area contributed by atoms with Gasteiger partial charge in [-0.3, -0.25) is 0 Å². The predicted octanol–water partition coefficient (Wildman–Crippen LogP) is 2.62. The highest BCUT2D eigenvalue weighted by atomic mass is 32.2. The summed E-state index contributed by atoms with van der Waals surface area (Å²) in [6, 6.07) is 7.29. The SMILES string of the molecule is Cc1cc(C)cc(OCCOC(=O)c2sccc2S(=O)(=O)N2CCOCC2)c1. The van der Waals surface area contributed by atoms with Gasteiger partial charge in [0, 0.05) is 13.1 Å². The number of morpholine rings is 1. The maximum Gasteiger partial charge on any atom is 0.349 e. The van der Waals surface area contributed by atoms with E-state index in [2.05, 4.69) is 0 Å². The first kappa shape index (κ1) is 20.8. The lowest BCUT2D eigenvalue weighted by Gasteiger charge is -2.25. The molecule has 152 valence electrons. The molecule has 9 heteroatoms. The van der Waals surface area contributed by atoms with Gasteiger partial charge in [0.15, 0.2) is 0 Å². The molecule has 3 rings (SSSR count). The van der Waals surface area contributed by atoms with Gasteiger partial charge in [0.05, 0.1) is 13.2 Å². The smallest absolute Gasteiger partial charge is 0.349 e. The van der Waals surface area contributed by atoms with Gasteiger partial charge < -0.3 is 14.2 Å². The molecule has 0 saturated carbocycles. The van der Waals surface area contributed by atoms with Gasteiger partial charge in [0.2, 0.25) is 10.0 Å². The van der Waals surface area contributed by atoms with Gasteiger partial charge >= 0.3 is 5.97 Å². The van der Waals surface area contributed by atoms with Crippen molar-refractivity contribution in [3.8, 4) is 5.75 Å². The van der Waals surface area contributed by atoms with Gasteiger partial charge in [-0.1, -0.05) is 6.07 Å². The largest absolute Gasteiger partial charge is 0.490 e. The number of rotatable bonds is 7. The Kier molecular flexibility index (Phi) is 6.71. The molecule has 2 heterocycles. The topological polar surface area (TPSA) is 82.1 Å². The monoisotopic (exact) mass is 425 g/mol. The molecular weight excluding hydrogens is 402 g/mol. The Balaban J connectivity index is 1.59. The molecule has 0 atom stereocenters. The van der Waals surface area contributed by atoms with Crippen molar-refractivity contribution in [1.82, 2.24) is 4.31 Å². The molecule has 0 N–H and O–H groups in total. The van der Waals surface area contributed by atoms with Gasteiger partial charge in [-0.15, -0.1) is 11.3 Å². The van der Waals surface area contributed by atoms with Crippen LogP contribution in [-0.4, -0.2) is 58.2 Å². The van der Waals surface area contributed by atoms with Crippen LogP contribution in [0.2, 0.25) is 0 Å². The molecule has 1 aliphatic heterocycles. The zero-order valence-corrected chi connectivity index (χ0v) is 17.5. The number of thiophene rings is 1. The van der Waals surface area contributed by atoms with Gasteiger partial charge in [0.1, 0.15) is 28.7 Å². The molecule has 1 aromatic heterocycles. The molecule has 0 amide bonds. The molecule has 28 heavy (non-hydrogen) atoms. The van der Waals surface area contributed by atoms with Gasteiger partial charge in [-0.25, -0.2) is 13.2 Å². The summed E-state index contributed by atoms with van der Waals surface area (Å²) in [4.78, 5) is 12.5. The molecule has 0 unspecified atom stereocenters. The fraction of sp³-hybridized carbons (Fsp3) is 0.421. The van der Waals surface area contributed by atoms with Crippen LogP contribution in [0.5, 0.6) is 5.75 Å². The summed E-state index contributed by atoms with van der Waals surface area (Å²) in [7, 11) is -3.75. The molecule has 1 aliphatic rings. The summed E-state index contributed by atoms with van der Waals surface area (Å²) >= 11 is 1.05. The molecule has 1 fully saturated rings. The summed E-state index contributed by atoms with van der Waals surface area (Å²) in [5.41, 5.74) is 2.17. The highest BCUT2D eigenvalue weighted by Crippen LogP contribution is 2.26. The maximum atomic E-state index is 12.8. The lowest BCUT2D eigenvalue weighted by atomic mass is 10.1. The number of sulfonamides is 1. The molecule has 1 aromatic carbocycles. The van der Waals surface area contributed by atoms with E-state index in [0.29, 0.717) is 19.0 Å². The fourth-order valence-electron chi connectivity index (χ4n) is 2.95. The molecule has 0 aliphatic carbocycles. The molecule has 2 aromatic rings. The van der Waals surface area contributed by atoms with Crippen LogP contribution >= 0.6 is 11.3 Å². The van der Waals surface area contributed by atoms with Crippen LogP contribution < -0.4 is 4.74 Å². The minimum atomic E-state index is -3.75. The second-order valence-electron chi connectivity index (χ2n) is 6.44. The Morgan fingerprint density at radius 2 is 1.82 bits per heavy atom. The van der Waals surface area contributed by atoms with E-state index in [4.69, 9.17) is 14.2 Å². The van der Waals surface area contributed by atoms with Crippen LogP contribution in [0.3, 0.4) is 0 Å². The first-order valence-corrected chi connectivity index (χ1v) is 11.2. The number of carbonyl (C=O) groups is 1.